The first-order valence-corrected chi connectivity index (χ1v) is 6.84. The zero-order valence-corrected chi connectivity index (χ0v) is 12.3. The number of carbonyl (C=O) groups is 1. The molecule has 0 aromatic heterocycles. The van der Waals surface area contributed by atoms with Gasteiger partial charge < -0.3 is 19.9 Å². The number of ether oxygens (including phenoxy) is 2. The molecule has 0 aliphatic carbocycles. The molecule has 0 aliphatic heterocycles. The summed E-state index contributed by atoms with van der Waals surface area (Å²) in [4.78, 5) is 10.7. The standard InChI is InChI=1S/C15H23NO4/c1-4-5-8-20-13-7-6-12(9-14(13)19-3)10-16-11(2)15(17)18/h6-7,9,11,16H,4-5,8,10H2,1-3H3,(H,17,18). The van der Waals surface area contributed by atoms with Crippen LogP contribution in [0.3, 0.4) is 0 Å². The van der Waals surface area contributed by atoms with Gasteiger partial charge in [0.25, 0.3) is 0 Å². The van der Waals surface area contributed by atoms with Gasteiger partial charge in [-0.15, -0.1) is 0 Å². The first-order valence-electron chi connectivity index (χ1n) is 6.84. The molecule has 0 saturated carbocycles. The van der Waals surface area contributed by atoms with E-state index in [9.17, 15) is 4.79 Å². The van der Waals surface area contributed by atoms with Crippen LogP contribution < -0.4 is 14.8 Å². The number of nitrogens with one attached hydrogen (secondary N) is 1. The van der Waals surface area contributed by atoms with Crippen LogP contribution in [0, 0.1) is 0 Å². The molecule has 0 amide bonds. The molecule has 0 aliphatic rings. The number of aliphatic carboxylic acids is 1. The fourth-order valence-electron chi connectivity index (χ4n) is 1.63. The van der Waals surface area contributed by atoms with Crippen molar-refractivity contribution in [2.24, 2.45) is 0 Å². The van der Waals surface area contributed by atoms with Crippen LogP contribution in [0.5, 0.6) is 11.5 Å². The van der Waals surface area contributed by atoms with E-state index < -0.39 is 12.0 Å². The predicted octanol–water partition coefficient (Wildman–Crippen LogP) is 2.44. The summed E-state index contributed by atoms with van der Waals surface area (Å²) >= 11 is 0. The number of carboxylic acid groups (broad SMARTS) is 1. The molecule has 112 valence electrons. The average Bonchev–Trinajstić information content (AvgIpc) is 2.45. The van der Waals surface area contributed by atoms with Crippen molar-refractivity contribution in [1.82, 2.24) is 5.32 Å². The van der Waals surface area contributed by atoms with Crippen molar-refractivity contribution in [3.05, 3.63) is 23.8 Å². The van der Waals surface area contributed by atoms with E-state index in [0.717, 1.165) is 24.2 Å². The Balaban J connectivity index is 2.64. The van der Waals surface area contributed by atoms with E-state index in [1.807, 2.05) is 18.2 Å². The molecule has 2 N–H and O–H groups in total. The number of methoxy groups -OCH3 is 1. The van der Waals surface area contributed by atoms with E-state index in [1.165, 1.54) is 0 Å². The van der Waals surface area contributed by atoms with E-state index >= 15 is 0 Å². The van der Waals surface area contributed by atoms with Crippen molar-refractivity contribution in [1.29, 1.82) is 0 Å². The van der Waals surface area contributed by atoms with Gasteiger partial charge >= 0.3 is 5.97 Å². The van der Waals surface area contributed by atoms with Crippen LogP contribution >= 0.6 is 0 Å². The SMILES string of the molecule is CCCCOc1ccc(CNC(C)C(=O)O)cc1OC. The summed E-state index contributed by atoms with van der Waals surface area (Å²) in [5.74, 6) is 0.524. The van der Waals surface area contributed by atoms with E-state index in [2.05, 4.69) is 12.2 Å². The monoisotopic (exact) mass is 281 g/mol. The van der Waals surface area contributed by atoms with Crippen molar-refractivity contribution >= 4 is 5.97 Å². The number of carboxylic acids is 1. The molecule has 1 unspecified atom stereocenters. The molecule has 1 aromatic carbocycles. The molecular weight excluding hydrogens is 258 g/mol. The van der Waals surface area contributed by atoms with Gasteiger partial charge in [0.05, 0.1) is 13.7 Å². The third kappa shape index (κ3) is 5.09. The predicted molar refractivity (Wildman–Crippen MR) is 77.3 cm³/mol. The highest BCUT2D eigenvalue weighted by Crippen LogP contribution is 2.28. The Morgan fingerprint density at radius 3 is 2.75 bits per heavy atom. The van der Waals surface area contributed by atoms with Gasteiger partial charge in [0.1, 0.15) is 6.04 Å². The van der Waals surface area contributed by atoms with Crippen LogP contribution in [0.2, 0.25) is 0 Å². The Labute approximate surface area is 119 Å². The molecule has 0 radical (unpaired) electrons. The molecule has 0 bridgehead atoms. The molecule has 5 heteroatoms. The van der Waals surface area contributed by atoms with E-state index in [4.69, 9.17) is 14.6 Å². The topological polar surface area (TPSA) is 67.8 Å². The van der Waals surface area contributed by atoms with Gasteiger partial charge in [0, 0.05) is 6.54 Å². The quantitative estimate of drug-likeness (QED) is 0.680. The smallest absolute Gasteiger partial charge is 0.320 e. The van der Waals surface area contributed by atoms with E-state index in [0.29, 0.717) is 18.9 Å². The molecular formula is C15H23NO4. The van der Waals surface area contributed by atoms with Gasteiger partial charge in [-0.1, -0.05) is 19.4 Å². The summed E-state index contributed by atoms with van der Waals surface area (Å²) in [6, 6.07) is 5.05. The maximum absolute atomic E-state index is 10.7. The van der Waals surface area contributed by atoms with Crippen LogP contribution in [-0.2, 0) is 11.3 Å². The Hall–Kier alpha value is -1.75. The fourth-order valence-corrected chi connectivity index (χ4v) is 1.63. The van der Waals surface area contributed by atoms with Gasteiger partial charge in [0.2, 0.25) is 0 Å². The normalized spacial score (nSPS) is 11.9. The summed E-state index contributed by atoms with van der Waals surface area (Å²) in [6.07, 6.45) is 2.08. The third-order valence-electron chi connectivity index (χ3n) is 2.97. The van der Waals surface area contributed by atoms with Gasteiger partial charge in [-0.3, -0.25) is 4.79 Å². The molecule has 5 nitrogen and oxygen atoms in total. The summed E-state index contributed by atoms with van der Waals surface area (Å²) in [5.41, 5.74) is 0.956. The highest BCUT2D eigenvalue weighted by molar-refractivity contribution is 5.72. The van der Waals surface area contributed by atoms with Crippen LogP contribution in [0.25, 0.3) is 0 Å². The first kappa shape index (κ1) is 16.3. The lowest BCUT2D eigenvalue weighted by atomic mass is 10.2. The zero-order valence-electron chi connectivity index (χ0n) is 12.3. The molecule has 1 atom stereocenters. The minimum atomic E-state index is -0.864. The molecule has 0 heterocycles. The largest absolute Gasteiger partial charge is 0.493 e. The lowest BCUT2D eigenvalue weighted by Crippen LogP contribution is -2.33. The Kier molecular flexibility index (Phi) is 6.87. The minimum absolute atomic E-state index is 0.471. The molecule has 0 fully saturated rings. The first-order chi connectivity index (χ1) is 9.58. The van der Waals surface area contributed by atoms with Crippen molar-refractivity contribution in [3.63, 3.8) is 0 Å². The average molecular weight is 281 g/mol. The Morgan fingerprint density at radius 1 is 1.40 bits per heavy atom. The lowest BCUT2D eigenvalue weighted by Gasteiger charge is -2.13. The second kappa shape index (κ2) is 8.43. The highest BCUT2D eigenvalue weighted by Gasteiger charge is 2.11. The zero-order chi connectivity index (χ0) is 15.0. The fraction of sp³-hybridized carbons (Fsp3) is 0.533. The van der Waals surface area contributed by atoms with Crippen LogP contribution in [-0.4, -0.2) is 30.8 Å². The lowest BCUT2D eigenvalue weighted by molar-refractivity contribution is -0.139. The van der Waals surface area contributed by atoms with E-state index in [-0.39, 0.29) is 0 Å². The Morgan fingerprint density at radius 2 is 2.15 bits per heavy atom. The van der Waals surface area contributed by atoms with Crippen LogP contribution in [0.4, 0.5) is 0 Å². The molecule has 0 saturated heterocycles. The molecule has 1 aromatic rings. The van der Waals surface area contributed by atoms with Crippen LogP contribution in [0.1, 0.15) is 32.3 Å². The third-order valence-corrected chi connectivity index (χ3v) is 2.97. The second-order valence-corrected chi connectivity index (χ2v) is 4.63. The van der Waals surface area contributed by atoms with Gasteiger partial charge in [-0.2, -0.15) is 0 Å². The minimum Gasteiger partial charge on any atom is -0.493 e. The molecule has 1 rings (SSSR count). The van der Waals surface area contributed by atoms with Gasteiger partial charge in [0.15, 0.2) is 11.5 Å². The number of unbranched alkanes of at least 4 members (excludes halogenated alkanes) is 1. The highest BCUT2D eigenvalue weighted by atomic mass is 16.5. The number of hydrogen-bond acceptors (Lipinski definition) is 4. The Bertz CT molecular complexity index is 434. The maximum atomic E-state index is 10.7. The molecule has 0 spiro atoms. The number of rotatable bonds is 9. The van der Waals surface area contributed by atoms with Crippen molar-refractivity contribution in [2.75, 3.05) is 13.7 Å². The molecule has 20 heavy (non-hydrogen) atoms. The summed E-state index contributed by atoms with van der Waals surface area (Å²) < 4.78 is 10.9. The van der Waals surface area contributed by atoms with Crippen molar-refractivity contribution in [3.8, 4) is 11.5 Å². The van der Waals surface area contributed by atoms with E-state index in [1.54, 1.807) is 14.0 Å². The van der Waals surface area contributed by atoms with Gasteiger partial charge in [-0.25, -0.2) is 0 Å². The summed E-state index contributed by atoms with van der Waals surface area (Å²) in [6.45, 7) is 4.86. The number of benzene rings is 1. The van der Waals surface area contributed by atoms with Crippen molar-refractivity contribution in [2.45, 2.75) is 39.3 Å². The van der Waals surface area contributed by atoms with Crippen molar-refractivity contribution < 1.29 is 19.4 Å². The summed E-state index contributed by atoms with van der Waals surface area (Å²) in [7, 11) is 1.60. The van der Waals surface area contributed by atoms with Gasteiger partial charge in [-0.05, 0) is 31.0 Å². The number of hydrogen-bond donors (Lipinski definition) is 2. The maximum Gasteiger partial charge on any atom is 0.320 e. The van der Waals surface area contributed by atoms with Crippen LogP contribution in [0.15, 0.2) is 18.2 Å². The summed E-state index contributed by atoms with van der Waals surface area (Å²) in [5, 5.41) is 11.7. The second-order valence-electron chi connectivity index (χ2n) is 4.63.